The summed E-state index contributed by atoms with van der Waals surface area (Å²) in [7, 11) is -2.25. The first-order valence-electron chi connectivity index (χ1n) is 11.0. The van der Waals surface area contributed by atoms with Crippen LogP contribution in [0, 0.1) is 10.1 Å². The summed E-state index contributed by atoms with van der Waals surface area (Å²) in [5.74, 6) is -0.609. The van der Waals surface area contributed by atoms with Gasteiger partial charge in [0.15, 0.2) is 0 Å². The van der Waals surface area contributed by atoms with Crippen molar-refractivity contribution in [1.82, 2.24) is 14.9 Å². The number of sulfonamides is 1. The van der Waals surface area contributed by atoms with Crippen molar-refractivity contribution in [2.45, 2.75) is 43.2 Å². The Morgan fingerprint density at radius 3 is 2.51 bits per heavy atom. The van der Waals surface area contributed by atoms with E-state index in [1.807, 2.05) is 0 Å². The molecule has 1 atom stereocenters. The lowest BCUT2D eigenvalue weighted by Gasteiger charge is -2.35. The fraction of sp³-hybridized carbons (Fsp3) is 0.348. The molecule has 3 rings (SSSR count). The van der Waals surface area contributed by atoms with Gasteiger partial charge in [0.25, 0.3) is 5.69 Å². The first kappa shape index (κ1) is 26.0. The lowest BCUT2D eigenvalue weighted by Crippen LogP contribution is -2.52. The summed E-state index contributed by atoms with van der Waals surface area (Å²) in [6.07, 6.45) is 1.34. The van der Waals surface area contributed by atoms with Crippen molar-refractivity contribution in [3.8, 4) is 0 Å². The molecule has 0 spiro atoms. The molecule has 2 aromatic carbocycles. The van der Waals surface area contributed by atoms with Gasteiger partial charge in [-0.1, -0.05) is 18.2 Å². The summed E-state index contributed by atoms with van der Waals surface area (Å²) < 4.78 is 26.8. The average molecular weight is 503 g/mol. The monoisotopic (exact) mass is 502 g/mol. The van der Waals surface area contributed by atoms with E-state index in [2.05, 4.69) is 10.0 Å². The van der Waals surface area contributed by atoms with Gasteiger partial charge in [-0.25, -0.2) is 13.1 Å². The van der Waals surface area contributed by atoms with Gasteiger partial charge in [0, 0.05) is 51.5 Å². The molecule has 2 amide bonds. The van der Waals surface area contributed by atoms with Crippen LogP contribution in [-0.2, 0) is 43.8 Å². The summed E-state index contributed by atoms with van der Waals surface area (Å²) in [6.45, 7) is 0.0916. The van der Waals surface area contributed by atoms with Crippen molar-refractivity contribution in [2.24, 2.45) is 0 Å². The van der Waals surface area contributed by atoms with Crippen LogP contribution in [0.15, 0.2) is 47.4 Å². The van der Waals surface area contributed by atoms with Gasteiger partial charge in [-0.3, -0.25) is 19.7 Å². The number of hydrogen-bond donors (Lipinski definition) is 2. The molecular weight excluding hydrogens is 476 g/mol. The highest BCUT2D eigenvalue weighted by molar-refractivity contribution is 7.89. The molecule has 1 aliphatic heterocycles. The average Bonchev–Trinajstić information content (AvgIpc) is 2.85. The maximum Gasteiger partial charge on any atom is 0.269 e. The van der Waals surface area contributed by atoms with Crippen LogP contribution >= 0.6 is 0 Å². The summed E-state index contributed by atoms with van der Waals surface area (Å²) in [5.41, 5.74) is 2.07. The summed E-state index contributed by atoms with van der Waals surface area (Å²) in [4.78, 5) is 48.0. The second kappa shape index (κ2) is 11.2. The molecular formula is C23H26N4O7S. The van der Waals surface area contributed by atoms with Crippen molar-refractivity contribution < 1.29 is 27.7 Å². The quantitative estimate of drug-likeness (QED) is 0.213. The van der Waals surface area contributed by atoms with Crippen LogP contribution in [0.1, 0.15) is 29.5 Å². The number of nitrogens with one attached hydrogen (secondary N) is 2. The van der Waals surface area contributed by atoms with Gasteiger partial charge in [-0.2, -0.15) is 0 Å². The Morgan fingerprint density at radius 2 is 1.89 bits per heavy atom. The Labute approximate surface area is 202 Å². The second-order valence-electron chi connectivity index (χ2n) is 8.06. The van der Waals surface area contributed by atoms with E-state index in [4.69, 9.17) is 0 Å². The van der Waals surface area contributed by atoms with Gasteiger partial charge in [0.05, 0.1) is 9.82 Å². The van der Waals surface area contributed by atoms with Crippen molar-refractivity contribution in [3.05, 3.63) is 69.3 Å². The van der Waals surface area contributed by atoms with Crippen molar-refractivity contribution >= 4 is 33.8 Å². The van der Waals surface area contributed by atoms with Gasteiger partial charge in [-0.05, 0) is 35.2 Å². The number of nitrogens with zero attached hydrogens (tertiary/aromatic N) is 2. The van der Waals surface area contributed by atoms with E-state index in [0.29, 0.717) is 18.3 Å². The smallest absolute Gasteiger partial charge is 0.269 e. The molecule has 0 bridgehead atoms. The Bertz CT molecular complexity index is 1230. The number of amides is 2. The predicted octanol–water partition coefficient (Wildman–Crippen LogP) is 1.09. The minimum Gasteiger partial charge on any atom is -0.357 e. The maximum atomic E-state index is 13.1. The molecule has 0 aromatic heterocycles. The van der Waals surface area contributed by atoms with Gasteiger partial charge in [0.1, 0.15) is 12.3 Å². The third-order valence-electron chi connectivity index (χ3n) is 5.82. The summed E-state index contributed by atoms with van der Waals surface area (Å²) in [5, 5.41) is 13.7. The number of rotatable bonds is 10. The number of nitro groups is 1. The summed E-state index contributed by atoms with van der Waals surface area (Å²) in [6, 6.07) is 9.76. The standard InChI is InChI=1S/C23H26N4O7S/c1-24-23(30)21-14-17-6-7-19(27(31)32)13-18(17)15-26(21)22(29)10-5-16-3-8-20(9-4-16)35(33,34)25-11-2-12-28/h3-4,6-9,12-13,21,25H,2,5,10-11,14-15H2,1H3,(H,24,30)/t21-/m0/s1. The normalized spacial score (nSPS) is 15.2. The van der Waals surface area contributed by atoms with Crippen LogP contribution in [0.5, 0.6) is 0 Å². The van der Waals surface area contributed by atoms with Crippen LogP contribution in [0.25, 0.3) is 0 Å². The van der Waals surface area contributed by atoms with Crippen LogP contribution in [0.2, 0.25) is 0 Å². The highest BCUT2D eigenvalue weighted by Crippen LogP contribution is 2.28. The predicted molar refractivity (Wildman–Crippen MR) is 126 cm³/mol. The van der Waals surface area contributed by atoms with Crippen LogP contribution < -0.4 is 10.0 Å². The molecule has 0 unspecified atom stereocenters. The summed E-state index contributed by atoms with van der Waals surface area (Å²) >= 11 is 0. The first-order valence-corrected chi connectivity index (χ1v) is 12.4. The molecule has 0 saturated carbocycles. The maximum absolute atomic E-state index is 13.1. The number of carbonyl (C=O) groups excluding carboxylic acids is 3. The van der Waals surface area contributed by atoms with Gasteiger partial charge in [-0.15, -0.1) is 0 Å². The Balaban J connectivity index is 1.70. The third-order valence-corrected chi connectivity index (χ3v) is 7.29. The molecule has 2 N–H and O–H groups in total. The number of carbonyl (C=O) groups is 3. The molecule has 12 heteroatoms. The number of likely N-dealkylation sites (N-methyl/N-ethyl adjacent to an activating group) is 1. The van der Waals surface area contributed by atoms with Crippen LogP contribution in [0.3, 0.4) is 0 Å². The van der Waals surface area contributed by atoms with Crippen LogP contribution in [-0.4, -0.2) is 56.0 Å². The minimum atomic E-state index is -3.73. The van der Waals surface area contributed by atoms with Crippen LogP contribution in [0.4, 0.5) is 5.69 Å². The zero-order valence-electron chi connectivity index (χ0n) is 19.1. The van der Waals surface area contributed by atoms with Crippen molar-refractivity contribution in [2.75, 3.05) is 13.6 Å². The van der Waals surface area contributed by atoms with E-state index in [1.54, 1.807) is 18.2 Å². The SMILES string of the molecule is CNC(=O)[C@@H]1Cc2ccc([N+](=O)[O-])cc2CN1C(=O)CCc1ccc(S(=O)(=O)NCCC=O)cc1. The Hall–Kier alpha value is -3.64. The number of aldehydes is 1. The Kier molecular flexibility index (Phi) is 8.30. The fourth-order valence-corrected chi connectivity index (χ4v) is 4.96. The Morgan fingerprint density at radius 1 is 1.17 bits per heavy atom. The zero-order valence-corrected chi connectivity index (χ0v) is 19.9. The van der Waals surface area contributed by atoms with Crippen molar-refractivity contribution in [1.29, 1.82) is 0 Å². The van der Waals surface area contributed by atoms with E-state index in [1.165, 1.54) is 36.2 Å². The largest absolute Gasteiger partial charge is 0.357 e. The lowest BCUT2D eigenvalue weighted by molar-refractivity contribution is -0.385. The molecule has 11 nitrogen and oxygen atoms in total. The number of non-ortho nitro benzene ring substituents is 1. The molecule has 0 radical (unpaired) electrons. The third kappa shape index (κ3) is 6.28. The molecule has 1 heterocycles. The van der Waals surface area contributed by atoms with Gasteiger partial charge < -0.3 is 15.0 Å². The second-order valence-corrected chi connectivity index (χ2v) is 9.83. The first-order chi connectivity index (χ1) is 16.7. The van der Waals surface area contributed by atoms with E-state index < -0.39 is 21.0 Å². The van der Waals surface area contributed by atoms with E-state index in [-0.39, 0.29) is 54.7 Å². The number of benzene rings is 2. The molecule has 0 fully saturated rings. The molecule has 35 heavy (non-hydrogen) atoms. The fourth-order valence-electron chi connectivity index (χ4n) is 3.91. The molecule has 0 saturated heterocycles. The highest BCUT2D eigenvalue weighted by atomic mass is 32.2. The number of aryl methyl sites for hydroxylation is 1. The van der Waals surface area contributed by atoms with Gasteiger partial charge >= 0.3 is 0 Å². The van der Waals surface area contributed by atoms with E-state index >= 15 is 0 Å². The molecule has 186 valence electrons. The van der Waals surface area contributed by atoms with E-state index in [9.17, 15) is 32.9 Å². The number of nitro benzene ring substituents is 1. The highest BCUT2D eigenvalue weighted by Gasteiger charge is 2.34. The molecule has 0 aliphatic carbocycles. The van der Waals surface area contributed by atoms with Gasteiger partial charge in [0.2, 0.25) is 21.8 Å². The van der Waals surface area contributed by atoms with E-state index in [0.717, 1.165) is 11.1 Å². The number of hydrogen-bond acceptors (Lipinski definition) is 7. The lowest BCUT2D eigenvalue weighted by atomic mass is 9.92. The van der Waals surface area contributed by atoms with Crippen molar-refractivity contribution in [3.63, 3.8) is 0 Å². The zero-order chi connectivity index (χ0) is 25.6. The number of fused-ring (bicyclic) bond motifs is 1. The minimum absolute atomic E-state index is 0.0106. The topological polar surface area (TPSA) is 156 Å². The molecule has 2 aromatic rings. The molecule has 1 aliphatic rings.